The van der Waals surface area contributed by atoms with Crippen LogP contribution in [0.4, 0.5) is 17.3 Å². The van der Waals surface area contributed by atoms with E-state index in [0.29, 0.717) is 34.1 Å². The normalized spacial score (nSPS) is 17.0. The van der Waals surface area contributed by atoms with E-state index < -0.39 is 0 Å². The van der Waals surface area contributed by atoms with Gasteiger partial charge in [-0.05, 0) is 37.6 Å². The summed E-state index contributed by atoms with van der Waals surface area (Å²) < 4.78 is 5.72. The molecule has 2 aliphatic heterocycles. The SMILES string of the molecule is CC[C@@H]1CN2C=Nc3oc(C)c(C(=O)Nc4ccc(NC(C)=O)cc4)c3C2=N1. The highest BCUT2D eigenvalue weighted by Crippen LogP contribution is 2.35. The predicted octanol–water partition coefficient (Wildman–Crippen LogP) is 3.31. The van der Waals surface area contributed by atoms with Gasteiger partial charge in [0.2, 0.25) is 11.8 Å². The summed E-state index contributed by atoms with van der Waals surface area (Å²) >= 11 is 0. The largest absolute Gasteiger partial charge is 0.442 e. The van der Waals surface area contributed by atoms with Gasteiger partial charge in [0.25, 0.3) is 5.91 Å². The fourth-order valence-corrected chi connectivity index (χ4v) is 3.39. The fourth-order valence-electron chi connectivity index (χ4n) is 3.39. The monoisotopic (exact) mass is 379 g/mol. The van der Waals surface area contributed by atoms with E-state index >= 15 is 0 Å². The molecular formula is C20H21N5O3. The average molecular weight is 379 g/mol. The van der Waals surface area contributed by atoms with Crippen LogP contribution in [0.2, 0.25) is 0 Å². The number of rotatable bonds is 4. The van der Waals surface area contributed by atoms with Gasteiger partial charge in [0.15, 0.2) is 0 Å². The molecule has 0 saturated heterocycles. The molecule has 0 fully saturated rings. The highest BCUT2D eigenvalue weighted by atomic mass is 16.4. The second-order valence-electron chi connectivity index (χ2n) is 6.84. The van der Waals surface area contributed by atoms with Gasteiger partial charge < -0.3 is 20.0 Å². The molecule has 2 N–H and O–H groups in total. The van der Waals surface area contributed by atoms with Gasteiger partial charge in [-0.2, -0.15) is 0 Å². The first kappa shape index (κ1) is 18.0. The zero-order valence-electron chi connectivity index (χ0n) is 15.9. The molecule has 0 bridgehead atoms. The van der Waals surface area contributed by atoms with E-state index in [-0.39, 0.29) is 17.9 Å². The van der Waals surface area contributed by atoms with E-state index in [1.807, 2.05) is 4.90 Å². The summed E-state index contributed by atoms with van der Waals surface area (Å²) in [5, 5.41) is 5.58. The number of amidine groups is 1. The van der Waals surface area contributed by atoms with Crippen LogP contribution in [0.15, 0.2) is 38.7 Å². The number of nitrogens with one attached hydrogen (secondary N) is 2. The van der Waals surface area contributed by atoms with Gasteiger partial charge in [0.05, 0.1) is 17.2 Å². The molecule has 28 heavy (non-hydrogen) atoms. The molecule has 8 nitrogen and oxygen atoms in total. The molecular weight excluding hydrogens is 358 g/mol. The van der Waals surface area contributed by atoms with Crippen LogP contribution in [0.5, 0.6) is 0 Å². The van der Waals surface area contributed by atoms with E-state index in [4.69, 9.17) is 9.41 Å². The van der Waals surface area contributed by atoms with Crippen LogP contribution in [0, 0.1) is 6.92 Å². The summed E-state index contributed by atoms with van der Waals surface area (Å²) in [6, 6.07) is 7.10. The number of amides is 2. The van der Waals surface area contributed by atoms with Gasteiger partial charge in [-0.15, -0.1) is 0 Å². The zero-order chi connectivity index (χ0) is 19.8. The van der Waals surface area contributed by atoms with Crippen molar-refractivity contribution in [2.24, 2.45) is 9.98 Å². The molecule has 4 rings (SSSR count). The van der Waals surface area contributed by atoms with Gasteiger partial charge >= 0.3 is 0 Å². The Morgan fingerprint density at radius 3 is 2.54 bits per heavy atom. The maximum Gasteiger partial charge on any atom is 0.260 e. The predicted molar refractivity (Wildman–Crippen MR) is 108 cm³/mol. The van der Waals surface area contributed by atoms with Crippen molar-refractivity contribution in [3.63, 3.8) is 0 Å². The third-order valence-corrected chi connectivity index (χ3v) is 4.75. The Morgan fingerprint density at radius 1 is 1.21 bits per heavy atom. The number of fused-ring (bicyclic) bond motifs is 3. The first-order chi connectivity index (χ1) is 13.5. The summed E-state index contributed by atoms with van der Waals surface area (Å²) in [5.74, 6) is 1.22. The molecule has 2 amide bonds. The Balaban J connectivity index is 1.62. The zero-order valence-corrected chi connectivity index (χ0v) is 15.9. The number of aliphatic imine (C=N–C) groups is 2. The summed E-state index contributed by atoms with van der Waals surface area (Å²) in [7, 11) is 0. The highest BCUT2D eigenvalue weighted by Gasteiger charge is 2.35. The van der Waals surface area contributed by atoms with Gasteiger partial charge in [-0.25, -0.2) is 4.99 Å². The average Bonchev–Trinajstić information content (AvgIpc) is 3.22. The third kappa shape index (κ3) is 3.17. The molecule has 0 aliphatic carbocycles. The van der Waals surface area contributed by atoms with Crippen molar-refractivity contribution in [3.8, 4) is 0 Å². The van der Waals surface area contributed by atoms with Gasteiger partial charge in [0, 0.05) is 24.8 Å². The Kier molecular flexibility index (Phi) is 4.46. The molecule has 3 heterocycles. The molecule has 1 atom stereocenters. The third-order valence-electron chi connectivity index (χ3n) is 4.75. The maximum absolute atomic E-state index is 13.0. The highest BCUT2D eigenvalue weighted by molar-refractivity contribution is 6.19. The van der Waals surface area contributed by atoms with Crippen LogP contribution >= 0.6 is 0 Å². The number of aryl methyl sites for hydroxylation is 1. The van der Waals surface area contributed by atoms with Crippen LogP contribution in [-0.4, -0.2) is 41.5 Å². The smallest absolute Gasteiger partial charge is 0.260 e. The molecule has 0 spiro atoms. The lowest BCUT2D eigenvalue weighted by Crippen LogP contribution is -2.31. The second-order valence-corrected chi connectivity index (χ2v) is 6.84. The molecule has 0 saturated carbocycles. The van der Waals surface area contributed by atoms with Crippen molar-refractivity contribution >= 4 is 41.2 Å². The van der Waals surface area contributed by atoms with Crippen LogP contribution in [0.1, 0.15) is 41.9 Å². The summed E-state index contributed by atoms with van der Waals surface area (Å²) in [6.45, 7) is 6.04. The van der Waals surface area contributed by atoms with E-state index in [0.717, 1.165) is 18.8 Å². The lowest BCUT2D eigenvalue weighted by Gasteiger charge is -2.18. The first-order valence-corrected chi connectivity index (χ1v) is 9.17. The van der Waals surface area contributed by atoms with Crippen molar-refractivity contribution in [3.05, 3.63) is 41.2 Å². The number of carbonyl (C=O) groups is 2. The van der Waals surface area contributed by atoms with Gasteiger partial charge in [-0.1, -0.05) is 6.92 Å². The number of nitrogens with zero attached hydrogens (tertiary/aromatic N) is 3. The molecule has 0 radical (unpaired) electrons. The Bertz CT molecular complexity index is 1000. The molecule has 8 heteroatoms. The Morgan fingerprint density at radius 2 is 1.89 bits per heavy atom. The van der Waals surface area contributed by atoms with Crippen molar-refractivity contribution in [2.75, 3.05) is 17.2 Å². The molecule has 2 aromatic rings. The molecule has 144 valence electrons. The van der Waals surface area contributed by atoms with Gasteiger partial charge in [-0.3, -0.25) is 14.6 Å². The van der Waals surface area contributed by atoms with Crippen molar-refractivity contribution in [1.82, 2.24) is 4.90 Å². The Labute approximate surface area is 162 Å². The standard InChI is InChI=1S/C20H21N5O3/c1-4-13-9-25-10-21-20-17(18(25)23-13)16(11(2)28-20)19(27)24-15-7-5-14(6-8-15)22-12(3)26/h5-8,10,13H,4,9H2,1-3H3,(H,22,26)(H,24,27)/t13-/m1/s1. The minimum absolute atomic E-state index is 0.148. The quantitative estimate of drug-likeness (QED) is 0.851. The molecule has 2 aliphatic rings. The van der Waals surface area contributed by atoms with Crippen molar-refractivity contribution < 1.29 is 14.0 Å². The van der Waals surface area contributed by atoms with Gasteiger partial charge in [0.1, 0.15) is 17.9 Å². The topological polar surface area (TPSA) is 99.3 Å². The van der Waals surface area contributed by atoms with E-state index in [2.05, 4.69) is 22.5 Å². The fraction of sp³-hybridized carbons (Fsp3) is 0.300. The number of anilines is 2. The van der Waals surface area contributed by atoms with Crippen molar-refractivity contribution in [1.29, 1.82) is 0 Å². The molecule has 1 aromatic heterocycles. The van der Waals surface area contributed by atoms with Crippen LogP contribution in [-0.2, 0) is 4.79 Å². The van der Waals surface area contributed by atoms with E-state index in [1.165, 1.54) is 6.92 Å². The second kappa shape index (κ2) is 6.95. The summed E-state index contributed by atoms with van der Waals surface area (Å²) in [5.41, 5.74) is 2.37. The number of carbonyl (C=O) groups excluding carboxylic acids is 2. The first-order valence-electron chi connectivity index (χ1n) is 9.17. The number of furan rings is 1. The molecule has 0 unspecified atom stereocenters. The minimum Gasteiger partial charge on any atom is -0.442 e. The lowest BCUT2D eigenvalue weighted by molar-refractivity contribution is -0.114. The number of hydrogen-bond donors (Lipinski definition) is 2. The summed E-state index contributed by atoms with van der Waals surface area (Å²) in [4.78, 5) is 35.2. The Hall–Kier alpha value is -3.42. The van der Waals surface area contributed by atoms with Crippen LogP contribution in [0.25, 0.3) is 0 Å². The number of benzene rings is 1. The van der Waals surface area contributed by atoms with Crippen LogP contribution in [0.3, 0.4) is 0 Å². The summed E-state index contributed by atoms with van der Waals surface area (Å²) in [6.07, 6.45) is 2.63. The molecule has 1 aromatic carbocycles. The lowest BCUT2D eigenvalue weighted by atomic mass is 10.1. The number of hydrogen-bond acceptors (Lipinski definition) is 6. The van der Waals surface area contributed by atoms with Crippen molar-refractivity contribution in [2.45, 2.75) is 33.2 Å². The van der Waals surface area contributed by atoms with Crippen LogP contribution < -0.4 is 10.6 Å². The van der Waals surface area contributed by atoms with E-state index in [1.54, 1.807) is 37.5 Å². The minimum atomic E-state index is -0.283. The maximum atomic E-state index is 13.0. The van der Waals surface area contributed by atoms with E-state index in [9.17, 15) is 9.59 Å².